The molecule has 0 aliphatic carbocycles. The van der Waals surface area contributed by atoms with Crippen molar-refractivity contribution in [2.45, 2.75) is 29.1 Å². The van der Waals surface area contributed by atoms with Crippen LogP contribution >= 0.6 is 11.8 Å². The van der Waals surface area contributed by atoms with Gasteiger partial charge in [0.2, 0.25) is 21.8 Å². The smallest absolute Gasteiger partial charge is 0.322 e. The number of carbonyl (C=O) groups excluding carboxylic acids is 1. The number of nitrogens with zero attached hydrogens (tertiary/aromatic N) is 3. The summed E-state index contributed by atoms with van der Waals surface area (Å²) in [4.78, 5) is 13.9. The molecule has 1 fully saturated rings. The molecule has 174 valence electrons. The maximum atomic E-state index is 13.2. The Bertz CT molecular complexity index is 1190. The third-order valence-electron chi connectivity index (χ3n) is 5.23. The average Bonchev–Trinajstić information content (AvgIpc) is 3.27. The van der Waals surface area contributed by atoms with E-state index >= 15 is 0 Å². The van der Waals surface area contributed by atoms with Gasteiger partial charge in [0, 0.05) is 30.2 Å². The maximum absolute atomic E-state index is 13.2. The lowest BCUT2D eigenvalue weighted by Crippen LogP contribution is -2.43. The number of thioether (sulfide) groups is 1. The number of hydrogen-bond donors (Lipinski definition) is 1. The largest absolute Gasteiger partial charge is 0.408 e. The lowest BCUT2D eigenvalue weighted by molar-refractivity contribution is -0.121. The molecule has 1 unspecified atom stereocenters. The van der Waals surface area contributed by atoms with E-state index in [4.69, 9.17) is 4.42 Å². The summed E-state index contributed by atoms with van der Waals surface area (Å²) in [6.45, 7) is 0.327. The highest BCUT2D eigenvalue weighted by molar-refractivity contribution is 7.99. The highest BCUT2D eigenvalue weighted by atomic mass is 32.2. The number of rotatable bonds is 8. The van der Waals surface area contributed by atoms with Crippen LogP contribution in [0.1, 0.15) is 18.7 Å². The predicted octanol–water partition coefficient (Wildman–Crippen LogP) is 3.58. The van der Waals surface area contributed by atoms with Crippen LogP contribution in [0.2, 0.25) is 0 Å². The number of aromatic nitrogens is 2. The van der Waals surface area contributed by atoms with Gasteiger partial charge >= 0.3 is 6.01 Å². The number of aryl methyl sites for hydroxylation is 1. The molecule has 1 amide bonds. The van der Waals surface area contributed by atoms with Crippen molar-refractivity contribution in [3.8, 4) is 0 Å². The molecule has 2 heterocycles. The van der Waals surface area contributed by atoms with Crippen molar-refractivity contribution in [2.75, 3.05) is 24.2 Å². The van der Waals surface area contributed by atoms with E-state index < -0.39 is 21.8 Å². The molecule has 1 N–H and O–H groups in total. The van der Waals surface area contributed by atoms with Crippen LogP contribution in [-0.4, -0.2) is 47.7 Å². The fourth-order valence-electron chi connectivity index (χ4n) is 3.52. The van der Waals surface area contributed by atoms with Crippen LogP contribution in [-0.2, 0) is 21.2 Å². The molecule has 1 aromatic heterocycles. The summed E-state index contributed by atoms with van der Waals surface area (Å²) in [5.41, 5.74) is 0. The third-order valence-corrected chi connectivity index (χ3v) is 8.12. The number of benzene rings is 2. The summed E-state index contributed by atoms with van der Waals surface area (Å²) in [5.74, 6) is -0.278. The van der Waals surface area contributed by atoms with E-state index in [1.165, 1.54) is 16.4 Å². The highest BCUT2D eigenvalue weighted by Crippen LogP contribution is 2.25. The van der Waals surface area contributed by atoms with Gasteiger partial charge in [-0.25, -0.2) is 12.8 Å². The van der Waals surface area contributed by atoms with Crippen LogP contribution < -0.4 is 5.32 Å². The number of anilines is 1. The van der Waals surface area contributed by atoms with Crippen molar-refractivity contribution in [3.05, 3.63) is 66.3 Å². The van der Waals surface area contributed by atoms with Crippen LogP contribution in [0.25, 0.3) is 0 Å². The number of halogens is 1. The van der Waals surface area contributed by atoms with Gasteiger partial charge in [0.1, 0.15) is 5.82 Å². The molecule has 1 atom stereocenters. The topological polar surface area (TPSA) is 105 Å². The molecule has 0 saturated carbocycles. The first-order chi connectivity index (χ1) is 15.9. The van der Waals surface area contributed by atoms with E-state index in [2.05, 4.69) is 15.5 Å². The molecule has 3 aromatic rings. The Morgan fingerprint density at radius 1 is 1.15 bits per heavy atom. The van der Waals surface area contributed by atoms with Gasteiger partial charge in [0.05, 0.1) is 10.8 Å². The van der Waals surface area contributed by atoms with Crippen LogP contribution in [0.5, 0.6) is 0 Å². The molecule has 33 heavy (non-hydrogen) atoms. The number of carbonyl (C=O) groups is 1. The van der Waals surface area contributed by atoms with Crippen molar-refractivity contribution in [2.24, 2.45) is 5.92 Å². The van der Waals surface area contributed by atoms with Gasteiger partial charge in [-0.05, 0) is 49.2 Å². The van der Waals surface area contributed by atoms with Gasteiger partial charge in [0.15, 0.2) is 0 Å². The van der Waals surface area contributed by atoms with E-state index in [1.807, 2.05) is 30.3 Å². The van der Waals surface area contributed by atoms with Crippen molar-refractivity contribution < 1.29 is 22.0 Å². The Morgan fingerprint density at radius 3 is 2.67 bits per heavy atom. The molecule has 0 radical (unpaired) electrons. The number of piperidine rings is 1. The van der Waals surface area contributed by atoms with Crippen LogP contribution in [0.4, 0.5) is 10.4 Å². The van der Waals surface area contributed by atoms with Crippen molar-refractivity contribution in [3.63, 3.8) is 0 Å². The van der Waals surface area contributed by atoms with E-state index in [1.54, 1.807) is 11.8 Å². The Hall–Kier alpha value is -2.76. The molecule has 8 nitrogen and oxygen atoms in total. The van der Waals surface area contributed by atoms with Crippen LogP contribution in [0, 0.1) is 11.7 Å². The van der Waals surface area contributed by atoms with Crippen LogP contribution in [0.3, 0.4) is 0 Å². The molecule has 0 bridgehead atoms. The first-order valence-corrected chi connectivity index (χ1v) is 12.9. The van der Waals surface area contributed by atoms with E-state index in [-0.39, 0.29) is 23.4 Å². The van der Waals surface area contributed by atoms with Crippen molar-refractivity contribution in [1.82, 2.24) is 14.5 Å². The van der Waals surface area contributed by atoms with Crippen molar-refractivity contribution in [1.29, 1.82) is 0 Å². The zero-order chi connectivity index (χ0) is 23.3. The standard InChI is InChI=1S/C22H23FN4O4S2/c23-17-8-10-19(11-9-17)33(29,30)27-13-4-5-16(15-27)21(28)24-22-26-25-20(31-22)12-14-32-18-6-2-1-3-7-18/h1-3,6-11,16H,4-5,12-15H2,(H,24,26,28). The Morgan fingerprint density at radius 2 is 1.91 bits per heavy atom. The quantitative estimate of drug-likeness (QED) is 0.481. The molecule has 1 aliphatic heterocycles. The summed E-state index contributed by atoms with van der Waals surface area (Å²) in [7, 11) is -3.81. The zero-order valence-electron chi connectivity index (χ0n) is 17.7. The lowest BCUT2D eigenvalue weighted by atomic mass is 9.99. The minimum absolute atomic E-state index is 0.000117. The summed E-state index contributed by atoms with van der Waals surface area (Å²) in [5, 5.41) is 10.4. The Labute approximate surface area is 195 Å². The van der Waals surface area contributed by atoms with E-state index in [0.29, 0.717) is 31.7 Å². The number of hydrogen-bond acceptors (Lipinski definition) is 7. The molecule has 4 rings (SSSR count). The van der Waals surface area contributed by atoms with Gasteiger partial charge < -0.3 is 4.42 Å². The molecule has 11 heteroatoms. The summed E-state index contributed by atoms with van der Waals surface area (Å²) in [6.07, 6.45) is 1.62. The SMILES string of the molecule is O=C(Nc1nnc(CCSc2ccccc2)o1)C1CCCN(S(=O)(=O)c2ccc(F)cc2)C1. The molecule has 0 spiro atoms. The molecular formula is C22H23FN4O4S2. The van der Waals surface area contributed by atoms with Gasteiger partial charge in [-0.2, -0.15) is 4.31 Å². The lowest BCUT2D eigenvalue weighted by Gasteiger charge is -2.30. The first-order valence-electron chi connectivity index (χ1n) is 10.5. The second kappa shape index (κ2) is 10.4. The fraction of sp³-hybridized carbons (Fsp3) is 0.318. The number of amides is 1. The number of nitrogens with one attached hydrogen (secondary N) is 1. The highest BCUT2D eigenvalue weighted by Gasteiger charge is 2.33. The van der Waals surface area contributed by atoms with E-state index in [0.717, 1.165) is 22.8 Å². The van der Waals surface area contributed by atoms with Gasteiger partial charge in [-0.3, -0.25) is 10.1 Å². The minimum atomic E-state index is -3.81. The third kappa shape index (κ3) is 5.98. The summed E-state index contributed by atoms with van der Waals surface area (Å²) < 4.78 is 45.7. The average molecular weight is 491 g/mol. The van der Waals surface area contributed by atoms with E-state index in [9.17, 15) is 17.6 Å². The number of sulfonamides is 1. The normalized spacial score (nSPS) is 17.1. The van der Waals surface area contributed by atoms with Crippen LogP contribution in [0.15, 0.2) is 68.8 Å². The second-order valence-electron chi connectivity index (χ2n) is 7.56. The summed E-state index contributed by atoms with van der Waals surface area (Å²) >= 11 is 1.66. The zero-order valence-corrected chi connectivity index (χ0v) is 19.3. The monoisotopic (exact) mass is 490 g/mol. The minimum Gasteiger partial charge on any atom is -0.408 e. The predicted molar refractivity (Wildman–Crippen MR) is 122 cm³/mol. The second-order valence-corrected chi connectivity index (χ2v) is 10.7. The molecule has 1 aliphatic rings. The van der Waals surface area contributed by atoms with Gasteiger partial charge in [-0.1, -0.05) is 23.3 Å². The molecule has 1 saturated heterocycles. The maximum Gasteiger partial charge on any atom is 0.322 e. The first kappa shape index (κ1) is 23.4. The fourth-order valence-corrected chi connectivity index (χ4v) is 5.90. The van der Waals surface area contributed by atoms with Crippen molar-refractivity contribution >= 4 is 33.7 Å². The van der Waals surface area contributed by atoms with Gasteiger partial charge in [0.25, 0.3) is 0 Å². The molecule has 2 aromatic carbocycles. The van der Waals surface area contributed by atoms with Gasteiger partial charge in [-0.15, -0.1) is 16.9 Å². The Kier molecular flexibility index (Phi) is 7.41. The Balaban J connectivity index is 1.31. The molecular weight excluding hydrogens is 467 g/mol. The summed E-state index contributed by atoms with van der Waals surface area (Å²) in [6, 6.07) is 14.6.